The predicted octanol–water partition coefficient (Wildman–Crippen LogP) is 2.93. The number of hydrogen-bond acceptors (Lipinski definition) is 3. The van der Waals surface area contributed by atoms with Crippen molar-refractivity contribution in [3.8, 4) is 0 Å². The highest BCUT2D eigenvalue weighted by atomic mass is 16.4. The van der Waals surface area contributed by atoms with Gasteiger partial charge in [-0.05, 0) is 50.3 Å². The zero-order valence-corrected chi connectivity index (χ0v) is 11.8. The summed E-state index contributed by atoms with van der Waals surface area (Å²) in [4.78, 5) is 17.7. The molecule has 1 aromatic rings. The van der Waals surface area contributed by atoms with E-state index in [9.17, 15) is 4.79 Å². The average molecular weight is 274 g/mol. The highest BCUT2D eigenvalue weighted by Crippen LogP contribution is 2.35. The summed E-state index contributed by atoms with van der Waals surface area (Å²) < 4.78 is 0. The molecule has 4 heteroatoms. The lowest BCUT2D eigenvalue weighted by atomic mass is 9.78. The third-order valence-corrected chi connectivity index (χ3v) is 4.79. The number of likely N-dealkylation sites (tertiary alicyclic amines) is 1. The van der Waals surface area contributed by atoms with E-state index >= 15 is 0 Å². The number of hydrogen-bond donors (Lipinski definition) is 1. The zero-order chi connectivity index (χ0) is 13.9. The van der Waals surface area contributed by atoms with E-state index in [1.807, 2.05) is 6.07 Å². The van der Waals surface area contributed by atoms with E-state index in [4.69, 9.17) is 5.11 Å². The first-order valence-corrected chi connectivity index (χ1v) is 7.66. The Morgan fingerprint density at radius 1 is 1.25 bits per heavy atom. The number of aromatic carboxylic acids is 1. The van der Waals surface area contributed by atoms with E-state index in [1.165, 1.54) is 44.7 Å². The molecule has 2 heterocycles. The van der Waals surface area contributed by atoms with Gasteiger partial charge in [0, 0.05) is 18.8 Å². The van der Waals surface area contributed by atoms with Crippen molar-refractivity contribution in [3.05, 3.63) is 29.6 Å². The van der Waals surface area contributed by atoms with Crippen LogP contribution in [0.4, 0.5) is 0 Å². The van der Waals surface area contributed by atoms with E-state index in [-0.39, 0.29) is 5.56 Å². The summed E-state index contributed by atoms with van der Waals surface area (Å²) >= 11 is 0. The lowest BCUT2D eigenvalue weighted by Gasteiger charge is -2.44. The second kappa shape index (κ2) is 5.92. The molecule has 0 spiro atoms. The third-order valence-electron chi connectivity index (χ3n) is 4.79. The van der Waals surface area contributed by atoms with Gasteiger partial charge in [-0.3, -0.25) is 9.88 Å². The molecule has 0 radical (unpaired) electrons. The van der Waals surface area contributed by atoms with Gasteiger partial charge in [0.15, 0.2) is 0 Å². The summed E-state index contributed by atoms with van der Waals surface area (Å²) in [5.74, 6) is -0.0369. The smallest absolute Gasteiger partial charge is 0.337 e. The number of nitrogens with zero attached hydrogens (tertiary/aromatic N) is 2. The molecule has 1 saturated carbocycles. The fourth-order valence-corrected chi connectivity index (χ4v) is 3.78. The van der Waals surface area contributed by atoms with Crippen molar-refractivity contribution < 1.29 is 9.90 Å². The molecule has 1 aliphatic heterocycles. The largest absolute Gasteiger partial charge is 0.478 e. The maximum atomic E-state index is 10.8. The fourth-order valence-electron chi connectivity index (χ4n) is 3.78. The molecule has 2 atom stereocenters. The minimum Gasteiger partial charge on any atom is -0.478 e. The summed E-state index contributed by atoms with van der Waals surface area (Å²) in [5, 5.41) is 8.90. The van der Waals surface area contributed by atoms with Crippen LogP contribution in [-0.4, -0.2) is 33.5 Å². The van der Waals surface area contributed by atoms with E-state index in [0.29, 0.717) is 0 Å². The van der Waals surface area contributed by atoms with Crippen molar-refractivity contribution in [3.63, 3.8) is 0 Å². The average Bonchev–Trinajstić information content (AvgIpc) is 2.48. The van der Waals surface area contributed by atoms with Crippen LogP contribution in [0.1, 0.15) is 54.6 Å². The topological polar surface area (TPSA) is 53.4 Å². The Morgan fingerprint density at radius 3 is 2.80 bits per heavy atom. The van der Waals surface area contributed by atoms with Crippen LogP contribution in [0.3, 0.4) is 0 Å². The van der Waals surface area contributed by atoms with E-state index in [1.54, 1.807) is 6.07 Å². The molecule has 3 rings (SSSR count). The molecule has 0 amide bonds. The van der Waals surface area contributed by atoms with Crippen LogP contribution in [0.2, 0.25) is 0 Å². The van der Waals surface area contributed by atoms with E-state index < -0.39 is 5.97 Å². The van der Waals surface area contributed by atoms with Gasteiger partial charge in [0.1, 0.15) is 0 Å². The molecular weight excluding hydrogens is 252 g/mol. The minimum atomic E-state index is -0.908. The van der Waals surface area contributed by atoms with Crippen molar-refractivity contribution in [2.24, 2.45) is 5.92 Å². The number of rotatable bonds is 3. The SMILES string of the molecule is O=C(O)c1ccc(CN2CCCC3CCCCC32)nc1. The highest BCUT2D eigenvalue weighted by molar-refractivity contribution is 5.87. The maximum absolute atomic E-state index is 10.8. The highest BCUT2D eigenvalue weighted by Gasteiger charge is 2.33. The standard InChI is InChI=1S/C16H22N2O2/c19-16(20)13-7-8-14(17-10-13)11-18-9-3-5-12-4-1-2-6-15(12)18/h7-8,10,12,15H,1-6,9,11H2,(H,19,20). The first-order chi connectivity index (χ1) is 9.74. The molecule has 1 N–H and O–H groups in total. The quantitative estimate of drug-likeness (QED) is 0.920. The number of pyridine rings is 1. The lowest BCUT2D eigenvalue weighted by molar-refractivity contribution is 0.0537. The third kappa shape index (κ3) is 2.85. The van der Waals surface area contributed by atoms with E-state index in [0.717, 1.165) is 30.7 Å². The van der Waals surface area contributed by atoms with Crippen LogP contribution in [0.15, 0.2) is 18.3 Å². The fraction of sp³-hybridized carbons (Fsp3) is 0.625. The number of fused-ring (bicyclic) bond motifs is 1. The zero-order valence-electron chi connectivity index (χ0n) is 11.8. The molecule has 2 unspecified atom stereocenters. The Labute approximate surface area is 119 Å². The molecule has 108 valence electrons. The molecule has 2 aliphatic rings. The van der Waals surface area contributed by atoms with E-state index in [2.05, 4.69) is 9.88 Å². The lowest BCUT2D eigenvalue weighted by Crippen LogP contribution is -2.46. The van der Waals surface area contributed by atoms with Crippen molar-refractivity contribution in [2.75, 3.05) is 6.54 Å². The first-order valence-electron chi connectivity index (χ1n) is 7.66. The summed E-state index contributed by atoms with van der Waals surface area (Å²) in [5.41, 5.74) is 1.25. The van der Waals surface area contributed by atoms with Crippen molar-refractivity contribution >= 4 is 5.97 Å². The molecule has 1 aromatic heterocycles. The second-order valence-electron chi connectivity index (χ2n) is 6.07. The Kier molecular flexibility index (Phi) is 4.01. The van der Waals surface area contributed by atoms with Crippen molar-refractivity contribution in [1.82, 2.24) is 9.88 Å². The van der Waals surface area contributed by atoms with Crippen LogP contribution in [0.25, 0.3) is 0 Å². The van der Waals surface area contributed by atoms with Gasteiger partial charge < -0.3 is 5.11 Å². The number of carbonyl (C=O) groups is 1. The van der Waals surface area contributed by atoms with Gasteiger partial charge >= 0.3 is 5.97 Å². The van der Waals surface area contributed by atoms with Crippen LogP contribution < -0.4 is 0 Å². The Balaban J connectivity index is 1.68. The van der Waals surface area contributed by atoms with Crippen molar-refractivity contribution in [2.45, 2.75) is 51.1 Å². The molecule has 0 aromatic carbocycles. The number of aromatic nitrogens is 1. The molecule has 2 fully saturated rings. The first kappa shape index (κ1) is 13.6. The Morgan fingerprint density at radius 2 is 2.05 bits per heavy atom. The van der Waals surface area contributed by atoms with Gasteiger partial charge in [0.2, 0.25) is 0 Å². The number of carboxylic acid groups (broad SMARTS) is 1. The van der Waals surface area contributed by atoms with Crippen LogP contribution in [0.5, 0.6) is 0 Å². The van der Waals surface area contributed by atoms with Crippen LogP contribution in [0, 0.1) is 5.92 Å². The molecular formula is C16H22N2O2. The maximum Gasteiger partial charge on any atom is 0.337 e. The summed E-state index contributed by atoms with van der Waals surface area (Å²) in [7, 11) is 0. The monoisotopic (exact) mass is 274 g/mol. The summed E-state index contributed by atoms with van der Waals surface area (Å²) in [6, 6.07) is 4.24. The molecule has 4 nitrogen and oxygen atoms in total. The minimum absolute atomic E-state index is 0.267. The van der Waals surface area contributed by atoms with Gasteiger partial charge in [-0.1, -0.05) is 12.8 Å². The molecule has 1 aliphatic carbocycles. The molecule has 1 saturated heterocycles. The second-order valence-corrected chi connectivity index (χ2v) is 6.07. The Hall–Kier alpha value is -1.42. The molecule has 0 bridgehead atoms. The summed E-state index contributed by atoms with van der Waals surface area (Å²) in [6.45, 7) is 2.02. The summed E-state index contributed by atoms with van der Waals surface area (Å²) in [6.07, 6.45) is 9.58. The van der Waals surface area contributed by atoms with Gasteiger partial charge in [-0.2, -0.15) is 0 Å². The van der Waals surface area contributed by atoms with Gasteiger partial charge in [0.05, 0.1) is 11.3 Å². The predicted molar refractivity (Wildman–Crippen MR) is 76.6 cm³/mol. The number of piperidine rings is 1. The van der Waals surface area contributed by atoms with Crippen LogP contribution >= 0.6 is 0 Å². The van der Waals surface area contributed by atoms with Gasteiger partial charge in [-0.15, -0.1) is 0 Å². The van der Waals surface area contributed by atoms with Crippen molar-refractivity contribution in [1.29, 1.82) is 0 Å². The van der Waals surface area contributed by atoms with Crippen LogP contribution in [-0.2, 0) is 6.54 Å². The molecule has 20 heavy (non-hydrogen) atoms. The van der Waals surface area contributed by atoms with Gasteiger partial charge in [0.25, 0.3) is 0 Å². The Bertz CT molecular complexity index is 470. The number of carboxylic acids is 1. The van der Waals surface area contributed by atoms with Gasteiger partial charge in [-0.25, -0.2) is 4.79 Å². The normalized spacial score (nSPS) is 27.0.